The fourth-order valence-corrected chi connectivity index (χ4v) is 7.34. The molecule has 12 nitrogen and oxygen atoms in total. The fourth-order valence-electron chi connectivity index (χ4n) is 7.34. The van der Waals surface area contributed by atoms with Gasteiger partial charge in [0, 0.05) is 10.8 Å². The van der Waals surface area contributed by atoms with Gasteiger partial charge in [-0.05, 0) is 49.2 Å². The van der Waals surface area contributed by atoms with Crippen molar-refractivity contribution >= 4 is 45.0 Å². The topological polar surface area (TPSA) is 164 Å². The van der Waals surface area contributed by atoms with Crippen LogP contribution in [0.15, 0.2) is 24.3 Å². The zero-order valence-electron chi connectivity index (χ0n) is 25.0. The number of fused-ring (bicyclic) bond motifs is 10. The van der Waals surface area contributed by atoms with Crippen LogP contribution in [0.2, 0.25) is 0 Å². The molecule has 2 saturated heterocycles. The van der Waals surface area contributed by atoms with E-state index in [4.69, 9.17) is 28.4 Å². The second kappa shape index (κ2) is 9.49. The number of ether oxygens (including phenoxy) is 6. The molecule has 0 aromatic heterocycles. The van der Waals surface area contributed by atoms with Crippen LogP contribution in [-0.2, 0) is 19.1 Å². The molecule has 0 bridgehead atoms. The van der Waals surface area contributed by atoms with Crippen LogP contribution in [0.1, 0.15) is 70.7 Å². The van der Waals surface area contributed by atoms with Crippen LogP contribution in [0.5, 0.6) is 34.5 Å². The number of ketones is 2. The van der Waals surface area contributed by atoms with Crippen molar-refractivity contribution in [1.29, 1.82) is 0 Å². The molecule has 0 aliphatic carbocycles. The molecule has 0 saturated carbocycles. The van der Waals surface area contributed by atoms with E-state index in [9.17, 15) is 29.4 Å². The first-order valence-electron chi connectivity index (χ1n) is 14.6. The molecule has 4 heterocycles. The Hall–Kier alpha value is -5.52. The van der Waals surface area contributed by atoms with Crippen molar-refractivity contribution in [3.05, 3.63) is 46.5 Å². The molecule has 4 aromatic carbocycles. The van der Waals surface area contributed by atoms with Crippen molar-refractivity contribution in [1.82, 2.24) is 0 Å². The molecule has 8 rings (SSSR count). The van der Waals surface area contributed by atoms with Crippen LogP contribution in [0, 0.1) is 0 Å². The molecular formula is C34H26O12. The van der Waals surface area contributed by atoms with Crippen molar-refractivity contribution in [3.63, 3.8) is 0 Å². The minimum Gasteiger partial charge on any atom is -0.506 e. The van der Waals surface area contributed by atoms with Crippen molar-refractivity contribution in [2.24, 2.45) is 0 Å². The molecule has 0 unspecified atom stereocenters. The lowest BCUT2D eigenvalue weighted by atomic mass is 9.89. The van der Waals surface area contributed by atoms with Gasteiger partial charge in [0.2, 0.25) is 0 Å². The molecule has 2 fully saturated rings. The summed E-state index contributed by atoms with van der Waals surface area (Å²) in [7, 11) is 2.86. The number of Topliss-reactive ketones (excluding diaryl/α,β-unsaturated/α-hetero) is 2. The quantitative estimate of drug-likeness (QED) is 0.226. The summed E-state index contributed by atoms with van der Waals surface area (Å²) in [5, 5.41) is 24.2. The second-order valence-electron chi connectivity index (χ2n) is 11.8. The molecule has 0 amide bonds. The molecule has 4 atom stereocenters. The van der Waals surface area contributed by atoms with E-state index in [1.54, 1.807) is 24.3 Å². The maximum absolute atomic E-state index is 12.8. The first-order valence-corrected chi connectivity index (χ1v) is 14.6. The largest absolute Gasteiger partial charge is 0.506 e. The summed E-state index contributed by atoms with van der Waals surface area (Å²) in [6.07, 6.45) is -3.03. The molecule has 4 aliphatic heterocycles. The number of carbonyl (C=O) groups excluding carboxylic acids is 4. The van der Waals surface area contributed by atoms with E-state index in [1.165, 1.54) is 28.1 Å². The number of hydrogen-bond donors (Lipinski definition) is 2. The Morgan fingerprint density at radius 3 is 1.41 bits per heavy atom. The summed E-state index contributed by atoms with van der Waals surface area (Å²) in [4.78, 5) is 49.8. The molecule has 12 heteroatoms. The van der Waals surface area contributed by atoms with E-state index in [1.807, 2.05) is 0 Å². The highest BCUT2D eigenvalue weighted by Crippen LogP contribution is 2.57. The summed E-state index contributed by atoms with van der Waals surface area (Å²) in [6, 6.07) is 6.86. The molecule has 0 radical (unpaired) electrons. The number of carbonyl (C=O) groups is 4. The lowest BCUT2D eigenvalue weighted by Crippen LogP contribution is -2.12. The van der Waals surface area contributed by atoms with Gasteiger partial charge in [-0.3, -0.25) is 19.2 Å². The van der Waals surface area contributed by atoms with E-state index >= 15 is 0 Å². The van der Waals surface area contributed by atoms with E-state index in [0.717, 1.165) is 0 Å². The molecule has 46 heavy (non-hydrogen) atoms. The standard InChI is InChI=1S/C34H26O12/c1-11(35)23-27-31(43-19-9-21(37)45-33(19)27)15-5-13(7-17(41-3)25(15)29(23)39)14-6-16-26(18(8-14)42-4)30(40)24(12(2)36)28-32(16)44-20-10-22(38)46-34(20)28/h5-8,19-20,33-34,39-40H,9-10H2,1-4H3/t19-,20+,33+,34-. The van der Waals surface area contributed by atoms with Gasteiger partial charge in [-0.2, -0.15) is 0 Å². The van der Waals surface area contributed by atoms with E-state index in [0.29, 0.717) is 44.5 Å². The Bertz CT molecular complexity index is 1980. The van der Waals surface area contributed by atoms with Crippen molar-refractivity contribution < 1.29 is 57.8 Å². The predicted molar refractivity (Wildman–Crippen MR) is 159 cm³/mol. The minimum atomic E-state index is -0.848. The Balaban J connectivity index is 1.41. The Morgan fingerprint density at radius 1 is 0.674 bits per heavy atom. The van der Waals surface area contributed by atoms with Crippen molar-refractivity contribution in [2.75, 3.05) is 14.2 Å². The second-order valence-corrected chi connectivity index (χ2v) is 11.8. The van der Waals surface area contributed by atoms with Crippen LogP contribution < -0.4 is 18.9 Å². The van der Waals surface area contributed by atoms with Gasteiger partial charge in [0.1, 0.15) is 34.5 Å². The summed E-state index contributed by atoms with van der Waals surface area (Å²) in [6.45, 7) is 2.63. The monoisotopic (exact) mass is 626 g/mol. The third-order valence-corrected chi connectivity index (χ3v) is 9.18. The van der Waals surface area contributed by atoms with Crippen LogP contribution in [0.25, 0.3) is 32.7 Å². The van der Waals surface area contributed by atoms with E-state index < -0.39 is 47.9 Å². The fraction of sp³-hybridized carbons (Fsp3) is 0.294. The Labute approximate surface area is 260 Å². The molecule has 0 spiro atoms. The maximum atomic E-state index is 12.8. The number of hydrogen-bond acceptors (Lipinski definition) is 12. The molecule has 4 aliphatic rings. The lowest BCUT2D eigenvalue weighted by molar-refractivity contribution is -0.142. The lowest BCUT2D eigenvalue weighted by Gasteiger charge is -2.19. The zero-order valence-corrected chi connectivity index (χ0v) is 25.0. The number of phenols is 2. The highest BCUT2D eigenvalue weighted by Gasteiger charge is 2.49. The smallest absolute Gasteiger partial charge is 0.310 e. The van der Waals surface area contributed by atoms with Crippen molar-refractivity contribution in [2.45, 2.75) is 51.1 Å². The van der Waals surface area contributed by atoms with Gasteiger partial charge in [-0.25, -0.2) is 0 Å². The highest BCUT2D eigenvalue weighted by molar-refractivity contribution is 6.13. The normalized spacial score (nSPS) is 22.0. The van der Waals surface area contributed by atoms with Gasteiger partial charge in [0.15, 0.2) is 36.0 Å². The third kappa shape index (κ3) is 3.60. The first kappa shape index (κ1) is 28.0. The van der Waals surface area contributed by atoms with Gasteiger partial charge < -0.3 is 38.6 Å². The third-order valence-electron chi connectivity index (χ3n) is 9.18. The summed E-state index contributed by atoms with van der Waals surface area (Å²) >= 11 is 0. The molecular weight excluding hydrogens is 600 g/mol. The number of rotatable bonds is 5. The van der Waals surface area contributed by atoms with Gasteiger partial charge >= 0.3 is 11.9 Å². The molecule has 4 aromatic rings. The number of aromatic hydroxyl groups is 2. The molecule has 2 N–H and O–H groups in total. The van der Waals surface area contributed by atoms with Gasteiger partial charge in [0.05, 0.1) is 60.1 Å². The number of benzene rings is 4. The average molecular weight is 627 g/mol. The predicted octanol–water partition coefficient (Wildman–Crippen LogP) is 4.99. The van der Waals surface area contributed by atoms with E-state index in [2.05, 4.69) is 0 Å². The van der Waals surface area contributed by atoms with Gasteiger partial charge in [-0.15, -0.1) is 0 Å². The van der Waals surface area contributed by atoms with Crippen LogP contribution in [0.4, 0.5) is 0 Å². The number of phenolic OH excluding ortho intramolecular Hbond substituents is 2. The Kier molecular flexibility index (Phi) is 5.77. The molecule has 234 valence electrons. The zero-order chi connectivity index (χ0) is 32.3. The summed E-state index contributed by atoms with van der Waals surface area (Å²) in [5.41, 5.74) is 1.76. The van der Waals surface area contributed by atoms with Crippen LogP contribution in [0.3, 0.4) is 0 Å². The summed E-state index contributed by atoms with van der Waals surface area (Å²) < 4.78 is 34.9. The van der Waals surface area contributed by atoms with Crippen LogP contribution >= 0.6 is 0 Å². The Morgan fingerprint density at radius 2 is 1.07 bits per heavy atom. The van der Waals surface area contributed by atoms with Crippen molar-refractivity contribution in [3.8, 4) is 45.6 Å². The van der Waals surface area contributed by atoms with E-state index in [-0.39, 0.29) is 57.7 Å². The van der Waals surface area contributed by atoms with Crippen LogP contribution in [-0.4, -0.2) is 60.1 Å². The highest BCUT2D eigenvalue weighted by atomic mass is 16.6. The number of esters is 2. The SMILES string of the molecule is COc1cc(-c2cc(OC)c3c(O)c(C(C)=O)c4c(c3c2)O[C@H]2CC(=O)O[C@@H]42)cc2c3c(c(C(C)=O)c(O)c12)[C@H]1OC(=O)C[C@H]1O3. The summed E-state index contributed by atoms with van der Waals surface area (Å²) in [5.74, 6) is -1.33. The maximum Gasteiger partial charge on any atom is 0.310 e. The first-order chi connectivity index (χ1) is 22.0. The van der Waals surface area contributed by atoms with Gasteiger partial charge in [-0.1, -0.05) is 0 Å². The average Bonchev–Trinajstić information content (AvgIpc) is 3.75. The number of methoxy groups -OCH3 is 2. The minimum absolute atomic E-state index is 0.00108. The van der Waals surface area contributed by atoms with Gasteiger partial charge in [0.25, 0.3) is 0 Å².